The van der Waals surface area contributed by atoms with Crippen LogP contribution in [0.5, 0.6) is 0 Å². The summed E-state index contributed by atoms with van der Waals surface area (Å²) >= 11 is 0. The number of rotatable bonds is 3. The number of hydrogen-bond donors (Lipinski definition) is 2. The molecule has 0 radical (unpaired) electrons. The summed E-state index contributed by atoms with van der Waals surface area (Å²) in [4.78, 5) is 23.8. The van der Waals surface area contributed by atoms with Gasteiger partial charge in [-0.25, -0.2) is 0 Å². The SMILES string of the molecule is CCC1CCC(NC(=O)C(=O)Nc2ccc(C)cc2)CC1. The maximum absolute atomic E-state index is 11.9. The highest BCUT2D eigenvalue weighted by atomic mass is 16.2. The van der Waals surface area contributed by atoms with Crippen LogP contribution in [-0.4, -0.2) is 17.9 Å². The molecule has 1 aromatic rings. The van der Waals surface area contributed by atoms with Crippen LogP contribution in [0.2, 0.25) is 0 Å². The van der Waals surface area contributed by atoms with Gasteiger partial charge in [-0.2, -0.15) is 0 Å². The quantitative estimate of drug-likeness (QED) is 0.840. The van der Waals surface area contributed by atoms with E-state index < -0.39 is 11.8 Å². The molecule has 2 rings (SSSR count). The Labute approximate surface area is 126 Å². The summed E-state index contributed by atoms with van der Waals surface area (Å²) in [5.74, 6) is -0.341. The first kappa shape index (κ1) is 15.5. The fourth-order valence-corrected chi connectivity index (χ4v) is 2.79. The van der Waals surface area contributed by atoms with Gasteiger partial charge >= 0.3 is 11.8 Å². The lowest BCUT2D eigenvalue weighted by Gasteiger charge is -2.28. The molecule has 0 aromatic heterocycles. The van der Waals surface area contributed by atoms with E-state index in [2.05, 4.69) is 17.6 Å². The minimum absolute atomic E-state index is 0.143. The Morgan fingerprint density at radius 2 is 1.67 bits per heavy atom. The van der Waals surface area contributed by atoms with Gasteiger partial charge in [0.2, 0.25) is 0 Å². The van der Waals surface area contributed by atoms with Crippen molar-refractivity contribution >= 4 is 17.5 Å². The average Bonchev–Trinajstić information content (AvgIpc) is 2.50. The Bertz CT molecular complexity index is 488. The highest BCUT2D eigenvalue weighted by Crippen LogP contribution is 2.26. The Morgan fingerprint density at radius 1 is 1.05 bits per heavy atom. The topological polar surface area (TPSA) is 58.2 Å². The van der Waals surface area contributed by atoms with Crippen molar-refractivity contribution in [3.63, 3.8) is 0 Å². The van der Waals surface area contributed by atoms with Crippen molar-refractivity contribution in [2.45, 2.75) is 52.0 Å². The van der Waals surface area contributed by atoms with Crippen LogP contribution in [0, 0.1) is 12.8 Å². The first-order valence-electron chi connectivity index (χ1n) is 7.77. The maximum Gasteiger partial charge on any atom is 0.313 e. The molecular weight excluding hydrogens is 264 g/mol. The molecule has 0 aliphatic heterocycles. The molecule has 0 unspecified atom stereocenters. The highest BCUT2D eigenvalue weighted by molar-refractivity contribution is 6.39. The Morgan fingerprint density at radius 3 is 2.24 bits per heavy atom. The third-order valence-corrected chi connectivity index (χ3v) is 4.27. The van der Waals surface area contributed by atoms with E-state index in [1.165, 1.54) is 6.42 Å². The van der Waals surface area contributed by atoms with Crippen LogP contribution in [0.15, 0.2) is 24.3 Å². The number of carbonyl (C=O) groups is 2. The van der Waals surface area contributed by atoms with Crippen molar-refractivity contribution in [1.82, 2.24) is 5.32 Å². The fourth-order valence-electron chi connectivity index (χ4n) is 2.79. The van der Waals surface area contributed by atoms with Gasteiger partial charge in [0.25, 0.3) is 0 Å². The molecule has 1 aromatic carbocycles. The lowest BCUT2D eigenvalue weighted by Crippen LogP contribution is -2.43. The number of aryl methyl sites for hydroxylation is 1. The Kier molecular flexibility index (Phi) is 5.37. The van der Waals surface area contributed by atoms with Crippen molar-refractivity contribution in [3.8, 4) is 0 Å². The predicted octanol–water partition coefficient (Wildman–Crippen LogP) is 3.02. The van der Waals surface area contributed by atoms with Gasteiger partial charge in [0, 0.05) is 11.7 Å². The van der Waals surface area contributed by atoms with Gasteiger partial charge < -0.3 is 10.6 Å². The summed E-state index contributed by atoms with van der Waals surface area (Å²) in [5, 5.41) is 5.47. The van der Waals surface area contributed by atoms with Crippen LogP contribution in [-0.2, 0) is 9.59 Å². The zero-order valence-electron chi connectivity index (χ0n) is 12.8. The van der Waals surface area contributed by atoms with E-state index in [-0.39, 0.29) is 6.04 Å². The zero-order valence-corrected chi connectivity index (χ0v) is 12.8. The molecule has 0 atom stereocenters. The van der Waals surface area contributed by atoms with Gasteiger partial charge in [-0.1, -0.05) is 31.0 Å². The van der Waals surface area contributed by atoms with Crippen molar-refractivity contribution in [2.75, 3.05) is 5.32 Å². The number of amides is 2. The van der Waals surface area contributed by atoms with E-state index in [1.807, 2.05) is 19.1 Å². The molecule has 1 aliphatic carbocycles. The van der Waals surface area contributed by atoms with Gasteiger partial charge in [0.05, 0.1) is 0 Å². The van der Waals surface area contributed by atoms with E-state index >= 15 is 0 Å². The summed E-state index contributed by atoms with van der Waals surface area (Å²) in [6.45, 7) is 4.18. The lowest BCUT2D eigenvalue weighted by atomic mass is 9.84. The lowest BCUT2D eigenvalue weighted by molar-refractivity contribution is -0.136. The van der Waals surface area contributed by atoms with Gasteiger partial charge in [-0.3, -0.25) is 9.59 Å². The van der Waals surface area contributed by atoms with E-state index in [1.54, 1.807) is 12.1 Å². The van der Waals surface area contributed by atoms with E-state index in [9.17, 15) is 9.59 Å². The fraction of sp³-hybridized carbons (Fsp3) is 0.529. The molecule has 0 saturated heterocycles. The molecule has 0 bridgehead atoms. The normalized spacial score (nSPS) is 21.6. The first-order chi connectivity index (χ1) is 10.1. The second-order valence-corrected chi connectivity index (χ2v) is 5.92. The summed E-state index contributed by atoms with van der Waals surface area (Å²) < 4.78 is 0. The van der Waals surface area contributed by atoms with Crippen LogP contribution >= 0.6 is 0 Å². The summed E-state index contributed by atoms with van der Waals surface area (Å²) in [6, 6.07) is 7.54. The molecule has 4 heteroatoms. The molecule has 1 fully saturated rings. The third-order valence-electron chi connectivity index (χ3n) is 4.27. The van der Waals surface area contributed by atoms with Crippen LogP contribution in [0.25, 0.3) is 0 Å². The minimum Gasteiger partial charge on any atom is -0.345 e. The maximum atomic E-state index is 11.9. The minimum atomic E-state index is -0.587. The monoisotopic (exact) mass is 288 g/mol. The molecule has 114 valence electrons. The van der Waals surface area contributed by atoms with Crippen molar-refractivity contribution in [3.05, 3.63) is 29.8 Å². The second-order valence-electron chi connectivity index (χ2n) is 5.92. The molecule has 0 heterocycles. The molecular formula is C17H24N2O2. The van der Waals surface area contributed by atoms with Crippen LogP contribution in [0.4, 0.5) is 5.69 Å². The number of carbonyl (C=O) groups excluding carboxylic acids is 2. The smallest absolute Gasteiger partial charge is 0.313 e. The molecule has 21 heavy (non-hydrogen) atoms. The van der Waals surface area contributed by atoms with E-state index in [0.717, 1.165) is 37.2 Å². The van der Waals surface area contributed by atoms with Gasteiger partial charge in [-0.05, 0) is 50.7 Å². The van der Waals surface area contributed by atoms with E-state index in [0.29, 0.717) is 5.69 Å². The molecule has 1 saturated carbocycles. The van der Waals surface area contributed by atoms with Gasteiger partial charge in [0.1, 0.15) is 0 Å². The summed E-state index contributed by atoms with van der Waals surface area (Å²) in [7, 11) is 0. The van der Waals surface area contributed by atoms with E-state index in [4.69, 9.17) is 0 Å². The number of benzene rings is 1. The first-order valence-corrected chi connectivity index (χ1v) is 7.77. The molecule has 2 amide bonds. The molecule has 2 N–H and O–H groups in total. The van der Waals surface area contributed by atoms with Crippen molar-refractivity contribution in [1.29, 1.82) is 0 Å². The molecule has 1 aliphatic rings. The van der Waals surface area contributed by atoms with Crippen molar-refractivity contribution < 1.29 is 9.59 Å². The van der Waals surface area contributed by atoms with Crippen molar-refractivity contribution in [2.24, 2.45) is 5.92 Å². The van der Waals surface area contributed by atoms with Crippen LogP contribution < -0.4 is 10.6 Å². The van der Waals surface area contributed by atoms with Gasteiger partial charge in [-0.15, -0.1) is 0 Å². The average molecular weight is 288 g/mol. The number of nitrogens with one attached hydrogen (secondary N) is 2. The Hall–Kier alpha value is -1.84. The standard InChI is InChI=1S/C17H24N2O2/c1-3-13-6-10-15(11-7-13)19-17(21)16(20)18-14-8-4-12(2)5-9-14/h4-5,8-9,13,15H,3,6-7,10-11H2,1-2H3,(H,18,20)(H,19,21). The second kappa shape index (κ2) is 7.25. The number of anilines is 1. The highest BCUT2D eigenvalue weighted by Gasteiger charge is 2.23. The molecule has 0 spiro atoms. The summed E-state index contributed by atoms with van der Waals surface area (Å²) in [5.41, 5.74) is 1.76. The molecule has 4 nitrogen and oxygen atoms in total. The summed E-state index contributed by atoms with van der Waals surface area (Å²) in [6.07, 6.45) is 5.43. The third kappa shape index (κ3) is 4.59. The zero-order chi connectivity index (χ0) is 15.2. The number of hydrogen-bond acceptors (Lipinski definition) is 2. The largest absolute Gasteiger partial charge is 0.345 e. The van der Waals surface area contributed by atoms with Crippen LogP contribution in [0.3, 0.4) is 0 Å². The van der Waals surface area contributed by atoms with Crippen LogP contribution in [0.1, 0.15) is 44.6 Å². The predicted molar refractivity (Wildman–Crippen MR) is 84.0 cm³/mol. The van der Waals surface area contributed by atoms with Gasteiger partial charge in [0.15, 0.2) is 0 Å². The Balaban J connectivity index is 1.80.